The normalized spacial score (nSPS) is 31.7. The first kappa shape index (κ1) is 19.1. The molecule has 1 aromatic carbocycles. The van der Waals surface area contributed by atoms with Gasteiger partial charge in [-0.25, -0.2) is 0 Å². The molecular formula is C21H30BNO4. The average molecular weight is 371 g/mol. The van der Waals surface area contributed by atoms with Gasteiger partial charge in [0.05, 0.1) is 24.4 Å². The molecule has 6 heteroatoms. The molecule has 0 saturated carbocycles. The van der Waals surface area contributed by atoms with Crippen molar-refractivity contribution in [2.75, 3.05) is 13.2 Å². The number of benzene rings is 1. The minimum atomic E-state index is -0.358. The molecule has 4 rings (SSSR count). The number of ketones is 1. The van der Waals surface area contributed by atoms with Crippen molar-refractivity contribution in [3.63, 3.8) is 0 Å². The minimum Gasteiger partial charge on any atom is -0.399 e. The predicted molar refractivity (Wildman–Crippen MR) is 105 cm³/mol. The molecular weight excluding hydrogens is 341 g/mol. The van der Waals surface area contributed by atoms with E-state index in [0.29, 0.717) is 24.3 Å². The summed E-state index contributed by atoms with van der Waals surface area (Å²) in [5, 5.41) is 3.55. The smallest absolute Gasteiger partial charge is 0.399 e. The van der Waals surface area contributed by atoms with Gasteiger partial charge in [0.1, 0.15) is 5.78 Å². The van der Waals surface area contributed by atoms with Gasteiger partial charge in [-0.05, 0) is 51.6 Å². The second kappa shape index (κ2) is 7.00. The lowest BCUT2D eigenvalue weighted by molar-refractivity contribution is -0.125. The highest BCUT2D eigenvalue weighted by Crippen LogP contribution is 2.36. The van der Waals surface area contributed by atoms with E-state index in [-0.39, 0.29) is 24.2 Å². The van der Waals surface area contributed by atoms with Gasteiger partial charge in [0.15, 0.2) is 0 Å². The maximum Gasteiger partial charge on any atom is 0.494 e. The number of rotatable bonds is 4. The first-order chi connectivity index (χ1) is 12.7. The molecule has 3 aliphatic rings. The van der Waals surface area contributed by atoms with Crippen LogP contribution in [0.2, 0.25) is 0 Å². The zero-order valence-corrected chi connectivity index (χ0v) is 16.8. The van der Waals surface area contributed by atoms with E-state index in [1.165, 1.54) is 0 Å². The lowest BCUT2D eigenvalue weighted by Crippen LogP contribution is -2.55. The van der Waals surface area contributed by atoms with Gasteiger partial charge in [-0.1, -0.05) is 24.3 Å². The number of piperidine rings is 1. The van der Waals surface area contributed by atoms with E-state index < -0.39 is 0 Å². The third kappa shape index (κ3) is 3.86. The van der Waals surface area contributed by atoms with Gasteiger partial charge in [0.25, 0.3) is 0 Å². The molecule has 2 unspecified atom stereocenters. The van der Waals surface area contributed by atoms with E-state index in [1.807, 2.05) is 24.3 Å². The summed E-state index contributed by atoms with van der Waals surface area (Å²) < 4.78 is 17.8. The van der Waals surface area contributed by atoms with Crippen LogP contribution in [0.5, 0.6) is 0 Å². The van der Waals surface area contributed by atoms with Crippen molar-refractivity contribution in [3.8, 4) is 0 Å². The van der Waals surface area contributed by atoms with Gasteiger partial charge in [0.2, 0.25) is 0 Å². The highest BCUT2D eigenvalue weighted by atomic mass is 16.7. The fourth-order valence-electron chi connectivity index (χ4n) is 4.22. The Morgan fingerprint density at radius 2 is 1.59 bits per heavy atom. The average Bonchev–Trinajstić information content (AvgIpc) is 2.83. The van der Waals surface area contributed by atoms with Gasteiger partial charge < -0.3 is 19.4 Å². The van der Waals surface area contributed by atoms with Crippen LogP contribution in [0.4, 0.5) is 0 Å². The van der Waals surface area contributed by atoms with Crippen molar-refractivity contribution in [3.05, 3.63) is 29.8 Å². The van der Waals surface area contributed by atoms with E-state index in [4.69, 9.17) is 14.0 Å². The Bertz CT molecular complexity index is 675. The topological polar surface area (TPSA) is 56.8 Å². The Balaban J connectivity index is 1.38. The van der Waals surface area contributed by atoms with Crippen LogP contribution in [0, 0.1) is 5.92 Å². The van der Waals surface area contributed by atoms with Crippen molar-refractivity contribution in [1.29, 1.82) is 0 Å². The van der Waals surface area contributed by atoms with Crippen LogP contribution in [-0.2, 0) is 25.3 Å². The first-order valence-electron chi connectivity index (χ1n) is 10.0. The summed E-state index contributed by atoms with van der Waals surface area (Å²) in [5.74, 6) is 0.490. The summed E-state index contributed by atoms with van der Waals surface area (Å²) in [4.78, 5) is 12.8. The van der Waals surface area contributed by atoms with Gasteiger partial charge in [-0.2, -0.15) is 0 Å². The summed E-state index contributed by atoms with van der Waals surface area (Å²) in [6.07, 6.45) is 2.28. The fraction of sp³-hybridized carbons (Fsp3) is 0.667. The SMILES string of the molecule is CC1(C)OB(c2ccc(CC(=O)C3CC4COCC(C3)N4)cc2)OC1(C)C. The monoisotopic (exact) mass is 371 g/mol. The Kier molecular flexibility index (Phi) is 4.96. The molecule has 3 fully saturated rings. The molecule has 2 atom stereocenters. The molecule has 0 aliphatic carbocycles. The zero-order chi connectivity index (χ0) is 19.2. The lowest BCUT2D eigenvalue weighted by atomic mass is 9.78. The van der Waals surface area contributed by atoms with Gasteiger partial charge >= 0.3 is 7.12 Å². The van der Waals surface area contributed by atoms with Crippen LogP contribution in [-0.4, -0.2) is 49.4 Å². The van der Waals surface area contributed by atoms with E-state index in [2.05, 4.69) is 33.0 Å². The second-order valence-corrected chi connectivity index (χ2v) is 9.24. The van der Waals surface area contributed by atoms with E-state index in [1.54, 1.807) is 0 Å². The molecule has 5 nitrogen and oxygen atoms in total. The van der Waals surface area contributed by atoms with E-state index >= 15 is 0 Å². The first-order valence-corrected chi connectivity index (χ1v) is 10.0. The number of ether oxygens (including phenoxy) is 1. The summed E-state index contributed by atoms with van der Waals surface area (Å²) in [7, 11) is -0.358. The predicted octanol–water partition coefficient (Wildman–Crippen LogP) is 1.86. The molecule has 0 radical (unpaired) electrons. The van der Waals surface area contributed by atoms with Gasteiger partial charge in [-0.15, -0.1) is 0 Å². The standard InChI is InChI=1S/C21H30BNO4/c1-20(2)21(3,4)27-22(26-20)16-7-5-14(6-8-16)9-19(24)15-10-17-12-25-13-18(11-15)23-17/h5-8,15,17-18,23H,9-13H2,1-4H3. The number of morpholine rings is 1. The molecule has 2 bridgehead atoms. The number of hydrogen-bond donors (Lipinski definition) is 1. The Morgan fingerprint density at radius 1 is 1.04 bits per heavy atom. The van der Waals surface area contributed by atoms with Crippen LogP contribution >= 0.6 is 0 Å². The summed E-state index contributed by atoms with van der Waals surface area (Å²) >= 11 is 0. The van der Waals surface area contributed by atoms with Crippen molar-refractivity contribution < 1.29 is 18.8 Å². The Labute approximate surface area is 162 Å². The van der Waals surface area contributed by atoms with Gasteiger partial charge in [-0.3, -0.25) is 4.79 Å². The molecule has 0 spiro atoms. The van der Waals surface area contributed by atoms with Crippen LogP contribution in [0.1, 0.15) is 46.1 Å². The van der Waals surface area contributed by atoms with Crippen molar-refractivity contribution >= 4 is 18.4 Å². The molecule has 3 aliphatic heterocycles. The molecule has 1 N–H and O–H groups in total. The van der Waals surface area contributed by atoms with E-state index in [9.17, 15) is 4.79 Å². The molecule has 0 amide bonds. The second-order valence-electron chi connectivity index (χ2n) is 9.24. The van der Waals surface area contributed by atoms with Gasteiger partial charge in [0, 0.05) is 24.4 Å². The molecule has 146 valence electrons. The highest BCUT2D eigenvalue weighted by molar-refractivity contribution is 6.62. The highest BCUT2D eigenvalue weighted by Gasteiger charge is 2.51. The fourth-order valence-corrected chi connectivity index (χ4v) is 4.22. The maximum atomic E-state index is 12.8. The largest absolute Gasteiger partial charge is 0.494 e. The molecule has 1 aromatic rings. The quantitative estimate of drug-likeness (QED) is 0.819. The zero-order valence-electron chi connectivity index (χ0n) is 16.8. The minimum absolute atomic E-state index is 0.146. The summed E-state index contributed by atoms with van der Waals surface area (Å²) in [5.41, 5.74) is 1.37. The van der Waals surface area contributed by atoms with Crippen LogP contribution in [0.25, 0.3) is 0 Å². The number of carbonyl (C=O) groups is 1. The molecule has 3 heterocycles. The van der Waals surface area contributed by atoms with Crippen LogP contribution < -0.4 is 10.8 Å². The number of fused-ring (bicyclic) bond motifs is 2. The van der Waals surface area contributed by atoms with Crippen molar-refractivity contribution in [2.45, 2.75) is 70.2 Å². The maximum absolute atomic E-state index is 12.8. The van der Waals surface area contributed by atoms with E-state index in [0.717, 1.165) is 37.1 Å². The number of hydrogen-bond acceptors (Lipinski definition) is 5. The summed E-state index contributed by atoms with van der Waals surface area (Å²) in [6.45, 7) is 9.67. The third-order valence-corrected chi connectivity index (χ3v) is 6.59. The Hall–Kier alpha value is -1.21. The van der Waals surface area contributed by atoms with Crippen LogP contribution in [0.15, 0.2) is 24.3 Å². The molecule has 27 heavy (non-hydrogen) atoms. The Morgan fingerprint density at radius 3 is 2.15 bits per heavy atom. The lowest BCUT2D eigenvalue weighted by Gasteiger charge is -2.39. The van der Waals surface area contributed by atoms with Crippen molar-refractivity contribution in [2.24, 2.45) is 5.92 Å². The molecule has 0 aromatic heterocycles. The number of nitrogens with one attached hydrogen (secondary N) is 1. The number of carbonyl (C=O) groups excluding carboxylic acids is 1. The number of Topliss-reactive ketones (excluding diaryl/α,β-unsaturated/α-hetero) is 1. The van der Waals surface area contributed by atoms with Crippen molar-refractivity contribution in [1.82, 2.24) is 5.32 Å². The third-order valence-electron chi connectivity index (χ3n) is 6.59. The van der Waals surface area contributed by atoms with Crippen LogP contribution in [0.3, 0.4) is 0 Å². The summed E-state index contributed by atoms with van der Waals surface area (Å²) in [6, 6.07) is 8.77. The molecule has 3 saturated heterocycles.